The van der Waals surface area contributed by atoms with Gasteiger partial charge in [0, 0.05) is 42.3 Å². The van der Waals surface area contributed by atoms with Gasteiger partial charge < -0.3 is 25.7 Å². The van der Waals surface area contributed by atoms with Crippen LogP contribution in [0.3, 0.4) is 0 Å². The zero-order valence-electron chi connectivity index (χ0n) is 25.3. The van der Waals surface area contributed by atoms with Crippen LogP contribution in [0.15, 0.2) is 84.2 Å². The number of aryl methyl sites for hydroxylation is 1. The summed E-state index contributed by atoms with van der Waals surface area (Å²) in [7, 11) is 1.71. The summed E-state index contributed by atoms with van der Waals surface area (Å²) in [4.78, 5) is 32.8. The summed E-state index contributed by atoms with van der Waals surface area (Å²) in [6, 6.07) is 23.6. The van der Waals surface area contributed by atoms with Crippen LogP contribution in [0, 0.1) is 6.92 Å². The maximum absolute atomic E-state index is 13.6. The summed E-state index contributed by atoms with van der Waals surface area (Å²) in [5.41, 5.74) is 2.04. The van der Waals surface area contributed by atoms with Gasteiger partial charge in [0.25, 0.3) is 11.8 Å². The molecule has 0 radical (unpaired) electrons. The first kappa shape index (κ1) is 32.0. The number of rotatable bonds is 12. The van der Waals surface area contributed by atoms with Crippen molar-refractivity contribution in [2.45, 2.75) is 58.0 Å². The van der Waals surface area contributed by atoms with E-state index in [0.717, 1.165) is 27.4 Å². The molecule has 4 N–H and O–H groups in total. The van der Waals surface area contributed by atoms with Crippen LogP contribution in [-0.4, -0.2) is 51.6 Å². The minimum atomic E-state index is -1.14. The lowest BCUT2D eigenvalue weighted by Gasteiger charge is -2.36. The second-order valence-electron chi connectivity index (χ2n) is 11.6. The standard InChI is InChI=1S/C34H40N4O4S/c1-23-22-43-30(36-23)21-38(5)32(41)26-13-10-12-25(18-26)31(40)37-34(4,27-14-7-6-8-15-27)29(39)20-35-19-24-11-9-16-28(17-24)33(2,3)42/h6-18,22,29,35,39,42H,19-21H2,1-5H3,(H,37,40)/t29-,34+/m1/s1. The van der Waals surface area contributed by atoms with Crippen LogP contribution < -0.4 is 10.6 Å². The van der Waals surface area contributed by atoms with E-state index < -0.39 is 23.2 Å². The zero-order valence-corrected chi connectivity index (χ0v) is 26.1. The van der Waals surface area contributed by atoms with Gasteiger partial charge >= 0.3 is 0 Å². The van der Waals surface area contributed by atoms with Crippen molar-refractivity contribution in [3.63, 3.8) is 0 Å². The van der Waals surface area contributed by atoms with Gasteiger partial charge in [-0.15, -0.1) is 11.3 Å². The first-order chi connectivity index (χ1) is 20.4. The van der Waals surface area contributed by atoms with Crippen molar-refractivity contribution in [1.82, 2.24) is 20.5 Å². The number of thiazole rings is 1. The monoisotopic (exact) mass is 600 g/mol. The SMILES string of the molecule is Cc1csc(CN(C)C(=O)c2cccc(C(=O)N[C@@](C)(c3ccccc3)[C@H](O)CNCc3cccc(C(C)(C)O)c3)c2)n1. The third-order valence-corrected chi connectivity index (χ3v) is 8.42. The Morgan fingerprint density at radius 1 is 0.953 bits per heavy atom. The number of carbonyl (C=O) groups excluding carboxylic acids is 2. The van der Waals surface area contributed by atoms with Gasteiger partial charge in [-0.3, -0.25) is 9.59 Å². The van der Waals surface area contributed by atoms with Crippen molar-refractivity contribution >= 4 is 23.2 Å². The Balaban J connectivity index is 1.48. The van der Waals surface area contributed by atoms with E-state index in [1.54, 1.807) is 57.0 Å². The van der Waals surface area contributed by atoms with E-state index >= 15 is 0 Å². The molecule has 43 heavy (non-hydrogen) atoms. The summed E-state index contributed by atoms with van der Waals surface area (Å²) >= 11 is 1.50. The number of aromatic nitrogens is 1. The molecule has 0 aliphatic heterocycles. The number of aliphatic hydroxyl groups excluding tert-OH is 1. The second-order valence-corrected chi connectivity index (χ2v) is 12.5. The number of benzene rings is 3. The lowest BCUT2D eigenvalue weighted by molar-refractivity contribution is 0.0554. The van der Waals surface area contributed by atoms with Crippen molar-refractivity contribution in [3.05, 3.63) is 123 Å². The highest BCUT2D eigenvalue weighted by Crippen LogP contribution is 2.26. The normalized spacial score (nSPS) is 13.7. The van der Waals surface area contributed by atoms with Crippen LogP contribution in [0.25, 0.3) is 0 Å². The molecule has 0 unspecified atom stereocenters. The van der Waals surface area contributed by atoms with E-state index in [-0.39, 0.29) is 12.5 Å². The van der Waals surface area contributed by atoms with Gasteiger partial charge in [-0.1, -0.05) is 60.7 Å². The lowest BCUT2D eigenvalue weighted by Crippen LogP contribution is -2.55. The molecule has 0 bridgehead atoms. The third kappa shape index (κ3) is 8.14. The van der Waals surface area contributed by atoms with Gasteiger partial charge in [0.2, 0.25) is 0 Å². The summed E-state index contributed by atoms with van der Waals surface area (Å²) in [5, 5.41) is 30.9. The minimum Gasteiger partial charge on any atom is -0.389 e. The van der Waals surface area contributed by atoms with Crippen molar-refractivity contribution in [2.75, 3.05) is 13.6 Å². The Morgan fingerprint density at radius 2 is 1.63 bits per heavy atom. The highest BCUT2D eigenvalue weighted by Gasteiger charge is 2.36. The molecular weight excluding hydrogens is 560 g/mol. The van der Waals surface area contributed by atoms with Gasteiger partial charge in [-0.2, -0.15) is 0 Å². The Hall–Kier alpha value is -3.89. The Kier molecular flexibility index (Phi) is 10.1. The molecule has 1 heterocycles. The topological polar surface area (TPSA) is 115 Å². The average molecular weight is 601 g/mol. The first-order valence-corrected chi connectivity index (χ1v) is 15.1. The molecule has 4 rings (SSSR count). The number of nitrogens with zero attached hydrogens (tertiary/aromatic N) is 2. The number of nitrogens with one attached hydrogen (secondary N) is 2. The Labute approximate surface area is 257 Å². The fourth-order valence-electron chi connectivity index (χ4n) is 4.82. The number of hydrogen-bond acceptors (Lipinski definition) is 7. The predicted molar refractivity (Wildman–Crippen MR) is 170 cm³/mol. The lowest BCUT2D eigenvalue weighted by atomic mass is 9.85. The van der Waals surface area contributed by atoms with E-state index in [0.29, 0.717) is 24.2 Å². The van der Waals surface area contributed by atoms with E-state index in [1.165, 1.54) is 11.3 Å². The predicted octanol–water partition coefficient (Wildman–Crippen LogP) is 4.75. The number of hydrogen-bond donors (Lipinski definition) is 4. The molecule has 9 heteroatoms. The van der Waals surface area contributed by atoms with Crippen LogP contribution in [0.5, 0.6) is 0 Å². The molecular formula is C34H40N4O4S. The summed E-state index contributed by atoms with van der Waals surface area (Å²) in [6.07, 6.45) is -0.992. The highest BCUT2D eigenvalue weighted by atomic mass is 32.1. The molecule has 0 aliphatic rings. The number of amides is 2. The maximum atomic E-state index is 13.6. The Bertz CT molecular complexity index is 1550. The van der Waals surface area contributed by atoms with Gasteiger partial charge in [0.1, 0.15) is 5.01 Å². The first-order valence-electron chi connectivity index (χ1n) is 14.2. The molecule has 8 nitrogen and oxygen atoms in total. The van der Waals surface area contributed by atoms with E-state index in [9.17, 15) is 19.8 Å². The minimum absolute atomic E-state index is 0.192. The highest BCUT2D eigenvalue weighted by molar-refractivity contribution is 7.09. The van der Waals surface area contributed by atoms with Crippen LogP contribution >= 0.6 is 11.3 Å². The fourth-order valence-corrected chi connectivity index (χ4v) is 5.65. The largest absolute Gasteiger partial charge is 0.389 e. The van der Waals surface area contributed by atoms with Gasteiger partial charge in [0.15, 0.2) is 0 Å². The second kappa shape index (κ2) is 13.6. The van der Waals surface area contributed by atoms with E-state index in [2.05, 4.69) is 15.6 Å². The number of carbonyl (C=O) groups is 2. The van der Waals surface area contributed by atoms with Gasteiger partial charge in [-0.25, -0.2) is 4.98 Å². The average Bonchev–Trinajstić information content (AvgIpc) is 3.40. The molecule has 226 valence electrons. The quantitative estimate of drug-likeness (QED) is 0.187. The number of aliphatic hydroxyl groups is 2. The van der Waals surface area contributed by atoms with Crippen molar-refractivity contribution in [3.8, 4) is 0 Å². The fraction of sp³-hybridized carbons (Fsp3) is 0.324. The molecule has 1 aromatic heterocycles. The zero-order chi connectivity index (χ0) is 31.2. The van der Waals surface area contributed by atoms with E-state index in [4.69, 9.17) is 0 Å². The molecule has 0 saturated heterocycles. The van der Waals surface area contributed by atoms with Gasteiger partial charge in [0.05, 0.1) is 23.8 Å². The van der Waals surface area contributed by atoms with Crippen molar-refractivity contribution in [2.24, 2.45) is 0 Å². The molecule has 0 fully saturated rings. The van der Waals surface area contributed by atoms with Crippen LogP contribution in [0.2, 0.25) is 0 Å². The third-order valence-electron chi connectivity index (χ3n) is 7.47. The van der Waals surface area contributed by atoms with E-state index in [1.807, 2.05) is 66.9 Å². The molecule has 0 saturated carbocycles. The Morgan fingerprint density at radius 3 is 2.30 bits per heavy atom. The van der Waals surface area contributed by atoms with Crippen molar-refractivity contribution in [1.29, 1.82) is 0 Å². The maximum Gasteiger partial charge on any atom is 0.253 e. The van der Waals surface area contributed by atoms with Crippen molar-refractivity contribution < 1.29 is 19.8 Å². The summed E-state index contributed by atoms with van der Waals surface area (Å²) < 4.78 is 0. The molecule has 3 aromatic carbocycles. The molecule has 0 aliphatic carbocycles. The van der Waals surface area contributed by atoms with Crippen LogP contribution in [0.4, 0.5) is 0 Å². The van der Waals surface area contributed by atoms with Crippen LogP contribution in [0.1, 0.15) is 68.9 Å². The summed E-state index contributed by atoms with van der Waals surface area (Å²) in [5.74, 6) is -0.623. The van der Waals surface area contributed by atoms with Crippen LogP contribution in [-0.2, 0) is 24.2 Å². The molecule has 0 spiro atoms. The molecule has 2 amide bonds. The molecule has 2 atom stereocenters. The molecule has 4 aromatic rings. The van der Waals surface area contributed by atoms with Gasteiger partial charge in [-0.05, 0) is 62.6 Å². The smallest absolute Gasteiger partial charge is 0.253 e. The summed E-state index contributed by atoms with van der Waals surface area (Å²) in [6.45, 7) is 8.23.